The van der Waals surface area contributed by atoms with Crippen molar-refractivity contribution in [2.45, 2.75) is 37.8 Å². The van der Waals surface area contributed by atoms with Crippen molar-refractivity contribution in [3.8, 4) is 5.75 Å². The van der Waals surface area contributed by atoms with Gasteiger partial charge in [0.1, 0.15) is 17.3 Å². The Kier molecular flexibility index (Phi) is 3.49. The quantitative estimate of drug-likeness (QED) is 0.782. The third-order valence-corrected chi connectivity index (χ3v) is 5.62. The Labute approximate surface area is 146 Å². The monoisotopic (exact) mass is 343 g/mol. The summed E-state index contributed by atoms with van der Waals surface area (Å²) in [7, 11) is 1.56. The van der Waals surface area contributed by atoms with Gasteiger partial charge >= 0.3 is 6.03 Å². The molecular weight excluding hydrogens is 322 g/mol. The van der Waals surface area contributed by atoms with Gasteiger partial charge in [0.25, 0.3) is 11.8 Å². The predicted octanol–water partition coefficient (Wildman–Crippen LogP) is 1.62. The molecule has 3 saturated heterocycles. The normalized spacial score (nSPS) is 29.0. The molecule has 0 aliphatic carbocycles. The highest BCUT2D eigenvalue weighted by Gasteiger charge is 2.60. The second-order valence-electron chi connectivity index (χ2n) is 6.95. The van der Waals surface area contributed by atoms with E-state index in [1.807, 2.05) is 18.2 Å². The molecule has 0 unspecified atom stereocenters. The summed E-state index contributed by atoms with van der Waals surface area (Å²) in [6, 6.07) is 6.22. The third kappa shape index (κ3) is 2.08. The number of hydrogen-bond donors (Lipinski definition) is 0. The van der Waals surface area contributed by atoms with Crippen LogP contribution in [0, 0.1) is 0 Å². The van der Waals surface area contributed by atoms with E-state index in [0.717, 1.165) is 6.42 Å². The third-order valence-electron chi connectivity index (χ3n) is 5.62. The number of urea groups is 1. The second kappa shape index (κ2) is 5.47. The van der Waals surface area contributed by atoms with Gasteiger partial charge in [0, 0.05) is 13.1 Å². The first-order valence-corrected chi connectivity index (χ1v) is 8.58. The molecule has 3 heterocycles. The number of rotatable bonds is 3. The minimum Gasteiger partial charge on any atom is -0.495 e. The van der Waals surface area contributed by atoms with Gasteiger partial charge in [0.05, 0.1) is 12.8 Å². The van der Waals surface area contributed by atoms with Crippen molar-refractivity contribution < 1.29 is 19.1 Å². The number of fused-ring (bicyclic) bond motifs is 1. The van der Waals surface area contributed by atoms with Gasteiger partial charge in [-0.25, -0.2) is 9.69 Å². The van der Waals surface area contributed by atoms with Gasteiger partial charge in [-0.3, -0.25) is 9.59 Å². The van der Waals surface area contributed by atoms with E-state index in [1.54, 1.807) is 29.9 Å². The maximum Gasteiger partial charge on any atom is 0.328 e. The van der Waals surface area contributed by atoms with Crippen molar-refractivity contribution in [3.63, 3.8) is 0 Å². The minimum absolute atomic E-state index is 0.226. The van der Waals surface area contributed by atoms with Crippen LogP contribution in [0.5, 0.6) is 5.75 Å². The SMILES string of the molecule is COc1ccccc1N1CC[C@H](N2C(=O)N3CCC[C@@]3(C)C2=O)C1=O. The highest BCUT2D eigenvalue weighted by molar-refractivity contribution is 6.12. The molecule has 7 heteroatoms. The zero-order chi connectivity index (χ0) is 17.8. The van der Waals surface area contributed by atoms with E-state index >= 15 is 0 Å². The molecule has 3 fully saturated rings. The number of anilines is 1. The van der Waals surface area contributed by atoms with E-state index in [4.69, 9.17) is 4.74 Å². The molecule has 4 amide bonds. The van der Waals surface area contributed by atoms with E-state index in [0.29, 0.717) is 37.4 Å². The number of amides is 4. The number of imide groups is 1. The molecule has 0 radical (unpaired) electrons. The molecule has 4 rings (SSSR count). The maximum atomic E-state index is 13.0. The second-order valence-corrected chi connectivity index (χ2v) is 6.95. The molecule has 0 spiro atoms. The lowest BCUT2D eigenvalue weighted by atomic mass is 9.99. The van der Waals surface area contributed by atoms with Crippen LogP contribution in [0.1, 0.15) is 26.2 Å². The maximum absolute atomic E-state index is 13.0. The number of benzene rings is 1. The molecule has 7 nitrogen and oxygen atoms in total. The topological polar surface area (TPSA) is 70.2 Å². The van der Waals surface area contributed by atoms with Crippen LogP contribution in [0.4, 0.5) is 10.5 Å². The number of methoxy groups -OCH3 is 1. The molecule has 3 aliphatic rings. The summed E-state index contributed by atoms with van der Waals surface area (Å²) in [4.78, 5) is 43.0. The number of ether oxygens (including phenoxy) is 1. The molecule has 0 saturated carbocycles. The van der Waals surface area contributed by atoms with Crippen LogP contribution in [0.25, 0.3) is 0 Å². The zero-order valence-electron chi connectivity index (χ0n) is 14.4. The largest absolute Gasteiger partial charge is 0.495 e. The molecule has 1 aromatic carbocycles. The van der Waals surface area contributed by atoms with E-state index < -0.39 is 11.6 Å². The summed E-state index contributed by atoms with van der Waals surface area (Å²) in [5.41, 5.74) is -0.113. The zero-order valence-corrected chi connectivity index (χ0v) is 14.4. The smallest absolute Gasteiger partial charge is 0.328 e. The first-order chi connectivity index (χ1) is 12.0. The van der Waals surface area contributed by atoms with E-state index in [1.165, 1.54) is 4.90 Å². The lowest BCUT2D eigenvalue weighted by Crippen LogP contribution is -2.47. The Hall–Kier alpha value is -2.57. The predicted molar refractivity (Wildman–Crippen MR) is 90.3 cm³/mol. The molecule has 0 bridgehead atoms. The van der Waals surface area contributed by atoms with E-state index in [-0.39, 0.29) is 17.8 Å². The Bertz CT molecular complexity index is 764. The highest BCUT2D eigenvalue weighted by atomic mass is 16.5. The van der Waals surface area contributed by atoms with Crippen molar-refractivity contribution in [2.24, 2.45) is 0 Å². The van der Waals surface area contributed by atoms with Crippen molar-refractivity contribution in [1.82, 2.24) is 9.80 Å². The van der Waals surface area contributed by atoms with Crippen LogP contribution in [-0.2, 0) is 9.59 Å². The highest BCUT2D eigenvalue weighted by Crippen LogP contribution is 2.40. The molecule has 25 heavy (non-hydrogen) atoms. The molecular formula is C18H21N3O4. The van der Waals surface area contributed by atoms with Crippen LogP contribution in [0.2, 0.25) is 0 Å². The minimum atomic E-state index is -0.783. The Morgan fingerprint density at radius 1 is 1.16 bits per heavy atom. The first-order valence-electron chi connectivity index (χ1n) is 8.58. The van der Waals surface area contributed by atoms with Crippen molar-refractivity contribution in [2.75, 3.05) is 25.1 Å². The van der Waals surface area contributed by atoms with Crippen LogP contribution in [0.15, 0.2) is 24.3 Å². The lowest BCUT2D eigenvalue weighted by molar-refractivity contribution is -0.136. The average molecular weight is 343 g/mol. The fourth-order valence-corrected chi connectivity index (χ4v) is 4.24. The fraction of sp³-hybridized carbons (Fsp3) is 0.500. The summed E-state index contributed by atoms with van der Waals surface area (Å²) in [5.74, 6) is 0.134. The summed E-state index contributed by atoms with van der Waals surface area (Å²) >= 11 is 0. The number of hydrogen-bond acceptors (Lipinski definition) is 4. The number of carbonyl (C=O) groups excluding carboxylic acids is 3. The first kappa shape index (κ1) is 15.9. The average Bonchev–Trinajstić information content (AvgIpc) is 3.23. The van der Waals surface area contributed by atoms with Gasteiger partial charge < -0.3 is 14.5 Å². The summed E-state index contributed by atoms with van der Waals surface area (Å²) in [5, 5.41) is 0. The molecule has 3 aliphatic heterocycles. The summed E-state index contributed by atoms with van der Waals surface area (Å²) < 4.78 is 5.34. The van der Waals surface area contributed by atoms with Crippen molar-refractivity contribution in [3.05, 3.63) is 24.3 Å². The van der Waals surface area contributed by atoms with Gasteiger partial charge in [-0.15, -0.1) is 0 Å². The Balaban J connectivity index is 1.63. The van der Waals surface area contributed by atoms with Gasteiger partial charge in [-0.1, -0.05) is 12.1 Å². The summed E-state index contributed by atoms with van der Waals surface area (Å²) in [6.45, 7) is 2.84. The molecule has 0 aromatic heterocycles. The van der Waals surface area contributed by atoms with Gasteiger partial charge in [-0.2, -0.15) is 0 Å². The van der Waals surface area contributed by atoms with Crippen LogP contribution in [0.3, 0.4) is 0 Å². The Morgan fingerprint density at radius 2 is 1.92 bits per heavy atom. The Morgan fingerprint density at radius 3 is 2.64 bits per heavy atom. The van der Waals surface area contributed by atoms with Crippen LogP contribution < -0.4 is 9.64 Å². The van der Waals surface area contributed by atoms with E-state index in [9.17, 15) is 14.4 Å². The molecule has 1 aromatic rings. The molecule has 132 valence electrons. The van der Waals surface area contributed by atoms with Gasteiger partial charge in [-0.05, 0) is 38.3 Å². The van der Waals surface area contributed by atoms with Gasteiger partial charge in [0.2, 0.25) is 0 Å². The number of carbonyl (C=O) groups is 3. The summed E-state index contributed by atoms with van der Waals surface area (Å²) in [6.07, 6.45) is 1.93. The van der Waals surface area contributed by atoms with Gasteiger partial charge in [0.15, 0.2) is 0 Å². The molecule has 0 N–H and O–H groups in total. The fourth-order valence-electron chi connectivity index (χ4n) is 4.24. The van der Waals surface area contributed by atoms with Crippen molar-refractivity contribution in [1.29, 1.82) is 0 Å². The molecule has 2 atom stereocenters. The lowest BCUT2D eigenvalue weighted by Gasteiger charge is -2.23. The standard InChI is InChI=1S/C18H21N3O4/c1-18-9-5-10-20(18)17(24)21(16(18)23)13-8-11-19(15(13)22)12-6-3-4-7-14(12)25-2/h3-4,6-7,13H,5,8-11H2,1-2H3/t13-,18-/m0/s1. The van der Waals surface area contributed by atoms with Crippen LogP contribution in [-0.4, -0.2) is 59.4 Å². The van der Waals surface area contributed by atoms with Crippen LogP contribution >= 0.6 is 0 Å². The number of nitrogens with zero attached hydrogens (tertiary/aromatic N) is 3. The van der Waals surface area contributed by atoms with E-state index in [2.05, 4.69) is 0 Å². The number of para-hydroxylation sites is 2. The van der Waals surface area contributed by atoms with Crippen molar-refractivity contribution >= 4 is 23.5 Å².